The van der Waals surface area contributed by atoms with Crippen LogP contribution in [0.4, 0.5) is 20.6 Å². The summed E-state index contributed by atoms with van der Waals surface area (Å²) >= 11 is 0. The maximum absolute atomic E-state index is 14.1. The van der Waals surface area contributed by atoms with Gasteiger partial charge in [0.05, 0.1) is 5.56 Å². The van der Waals surface area contributed by atoms with Crippen LogP contribution in [-0.2, 0) is 4.79 Å². The predicted molar refractivity (Wildman–Crippen MR) is 140 cm³/mol. The van der Waals surface area contributed by atoms with E-state index in [1.165, 1.54) is 23.1 Å². The van der Waals surface area contributed by atoms with Gasteiger partial charge < -0.3 is 25.3 Å². The third-order valence-electron chi connectivity index (χ3n) is 5.78. The first-order chi connectivity index (χ1) is 17.1. The van der Waals surface area contributed by atoms with E-state index in [1.54, 1.807) is 6.07 Å². The molecule has 1 saturated heterocycles. The molecule has 1 heterocycles. The van der Waals surface area contributed by atoms with E-state index in [2.05, 4.69) is 15.5 Å². The Bertz CT molecular complexity index is 1060. The van der Waals surface area contributed by atoms with Crippen molar-refractivity contribution in [3.8, 4) is 0 Å². The maximum atomic E-state index is 14.1. The van der Waals surface area contributed by atoms with Gasteiger partial charge >= 0.3 is 6.03 Å². The average molecular weight is 498 g/mol. The van der Waals surface area contributed by atoms with Gasteiger partial charge in [0.25, 0.3) is 5.91 Å². The van der Waals surface area contributed by atoms with Crippen molar-refractivity contribution in [2.45, 2.75) is 39.7 Å². The summed E-state index contributed by atoms with van der Waals surface area (Å²) in [6.07, 6.45) is 0.646. The lowest BCUT2D eigenvalue weighted by molar-refractivity contribution is -0.116. The molecule has 3 rings (SSSR count). The highest BCUT2D eigenvalue weighted by atomic mass is 19.1. The third-order valence-corrected chi connectivity index (χ3v) is 5.78. The molecular formula is C27H36FN5O3. The normalized spacial score (nSPS) is 13.8. The van der Waals surface area contributed by atoms with Gasteiger partial charge in [-0.25, -0.2) is 9.18 Å². The predicted octanol–water partition coefficient (Wildman–Crippen LogP) is 3.95. The fraction of sp³-hybridized carbons (Fsp3) is 0.444. The highest BCUT2D eigenvalue weighted by Gasteiger charge is 2.24. The molecule has 2 aromatic carbocycles. The number of nitrogens with zero attached hydrogens (tertiary/aromatic N) is 3. The number of benzene rings is 2. The second-order valence-electron chi connectivity index (χ2n) is 9.96. The van der Waals surface area contributed by atoms with Crippen molar-refractivity contribution in [1.82, 2.24) is 15.1 Å². The molecule has 1 fully saturated rings. The molecule has 1 aliphatic rings. The monoisotopic (exact) mass is 497 g/mol. The van der Waals surface area contributed by atoms with Gasteiger partial charge in [-0.3, -0.25) is 9.59 Å². The molecule has 1 aliphatic heterocycles. The van der Waals surface area contributed by atoms with Crippen LogP contribution in [0.25, 0.3) is 0 Å². The number of nitrogens with one attached hydrogen (secondary N) is 2. The zero-order valence-corrected chi connectivity index (χ0v) is 21.5. The summed E-state index contributed by atoms with van der Waals surface area (Å²) in [6.45, 7) is 10.7. The molecule has 4 amide bonds. The molecule has 0 bridgehead atoms. The van der Waals surface area contributed by atoms with Crippen molar-refractivity contribution in [3.05, 3.63) is 59.9 Å². The van der Waals surface area contributed by atoms with E-state index in [-0.39, 0.29) is 29.6 Å². The molecule has 194 valence electrons. The Morgan fingerprint density at radius 1 is 0.972 bits per heavy atom. The minimum atomic E-state index is -0.602. The van der Waals surface area contributed by atoms with Crippen LogP contribution in [0.15, 0.2) is 48.5 Å². The zero-order chi connectivity index (χ0) is 26.3. The molecule has 0 aromatic heterocycles. The Balaban J connectivity index is 1.54. The number of rotatable bonds is 7. The van der Waals surface area contributed by atoms with Crippen molar-refractivity contribution < 1.29 is 18.8 Å². The third kappa shape index (κ3) is 7.44. The van der Waals surface area contributed by atoms with Crippen LogP contribution in [0, 0.1) is 5.82 Å². The number of hydrogen-bond acceptors (Lipinski definition) is 4. The number of halogens is 1. The van der Waals surface area contributed by atoms with Gasteiger partial charge in [-0.2, -0.15) is 0 Å². The van der Waals surface area contributed by atoms with Crippen molar-refractivity contribution in [1.29, 1.82) is 0 Å². The Hall–Kier alpha value is -3.62. The van der Waals surface area contributed by atoms with Gasteiger partial charge in [-0.05, 0) is 63.6 Å². The number of carbonyl (C=O) groups is 3. The van der Waals surface area contributed by atoms with Crippen molar-refractivity contribution in [2.75, 3.05) is 49.5 Å². The van der Waals surface area contributed by atoms with Gasteiger partial charge in [0.2, 0.25) is 5.91 Å². The summed E-state index contributed by atoms with van der Waals surface area (Å²) < 4.78 is 14.1. The summed E-state index contributed by atoms with van der Waals surface area (Å²) in [5.41, 5.74) is 1.31. The first kappa shape index (κ1) is 27.0. The largest absolute Gasteiger partial charge is 0.368 e. The van der Waals surface area contributed by atoms with E-state index in [9.17, 15) is 18.8 Å². The Morgan fingerprint density at radius 2 is 1.61 bits per heavy atom. The summed E-state index contributed by atoms with van der Waals surface area (Å²) in [5.74, 6) is -1.45. The molecule has 2 N–H and O–H groups in total. The molecule has 0 spiro atoms. The minimum Gasteiger partial charge on any atom is -0.368 e. The number of piperazine rings is 1. The molecule has 0 atom stereocenters. The fourth-order valence-electron chi connectivity index (χ4n) is 4.02. The highest BCUT2D eigenvalue weighted by Crippen LogP contribution is 2.20. The topological polar surface area (TPSA) is 85.0 Å². The molecule has 8 nitrogen and oxygen atoms in total. The van der Waals surface area contributed by atoms with Crippen LogP contribution < -0.4 is 15.5 Å². The van der Waals surface area contributed by atoms with Gasteiger partial charge in [0.15, 0.2) is 0 Å². The van der Waals surface area contributed by atoms with E-state index in [0.29, 0.717) is 44.8 Å². The van der Waals surface area contributed by atoms with Gasteiger partial charge in [-0.1, -0.05) is 19.1 Å². The molecule has 36 heavy (non-hydrogen) atoms. The SMILES string of the molecule is CCCN(CC(=O)Nc1ccc(N2CCN(C(=O)NC(C)(C)C)CC2)cc1)C(=O)c1ccccc1F. The highest BCUT2D eigenvalue weighted by molar-refractivity contribution is 5.99. The van der Waals surface area contributed by atoms with Crippen molar-refractivity contribution in [3.63, 3.8) is 0 Å². The second kappa shape index (κ2) is 11.9. The Kier molecular flexibility index (Phi) is 8.90. The molecule has 9 heteroatoms. The molecule has 0 unspecified atom stereocenters. The summed E-state index contributed by atoms with van der Waals surface area (Å²) in [6, 6.07) is 13.2. The van der Waals surface area contributed by atoms with Crippen molar-refractivity contribution in [2.24, 2.45) is 0 Å². The number of anilines is 2. The summed E-state index contributed by atoms with van der Waals surface area (Å²) in [4.78, 5) is 43.2. The lowest BCUT2D eigenvalue weighted by Gasteiger charge is -2.37. The van der Waals surface area contributed by atoms with Gasteiger partial charge in [0.1, 0.15) is 12.4 Å². The second-order valence-corrected chi connectivity index (χ2v) is 9.96. The summed E-state index contributed by atoms with van der Waals surface area (Å²) in [7, 11) is 0. The molecule has 0 radical (unpaired) electrons. The minimum absolute atomic E-state index is 0.0425. The van der Waals surface area contributed by atoms with E-state index in [1.807, 2.05) is 56.9 Å². The number of amides is 4. The van der Waals surface area contributed by atoms with Crippen LogP contribution in [0.3, 0.4) is 0 Å². The fourth-order valence-corrected chi connectivity index (χ4v) is 4.02. The summed E-state index contributed by atoms with van der Waals surface area (Å²) in [5, 5.41) is 5.81. The lowest BCUT2D eigenvalue weighted by Crippen LogP contribution is -2.55. The first-order valence-electron chi connectivity index (χ1n) is 12.3. The van der Waals surface area contributed by atoms with Crippen LogP contribution in [0.5, 0.6) is 0 Å². The number of carbonyl (C=O) groups excluding carboxylic acids is 3. The molecular weight excluding hydrogens is 461 g/mol. The van der Waals surface area contributed by atoms with E-state index >= 15 is 0 Å². The number of hydrogen-bond donors (Lipinski definition) is 2. The van der Waals surface area contributed by atoms with Gasteiger partial charge in [-0.15, -0.1) is 0 Å². The van der Waals surface area contributed by atoms with Crippen LogP contribution in [0.2, 0.25) is 0 Å². The quantitative estimate of drug-likeness (QED) is 0.607. The van der Waals surface area contributed by atoms with Crippen LogP contribution in [-0.4, -0.2) is 72.5 Å². The van der Waals surface area contributed by atoms with Crippen LogP contribution >= 0.6 is 0 Å². The molecule has 2 aromatic rings. The van der Waals surface area contributed by atoms with Crippen LogP contribution in [0.1, 0.15) is 44.5 Å². The van der Waals surface area contributed by atoms with E-state index in [4.69, 9.17) is 0 Å². The number of urea groups is 1. The first-order valence-corrected chi connectivity index (χ1v) is 12.3. The average Bonchev–Trinajstić information content (AvgIpc) is 2.83. The molecule has 0 aliphatic carbocycles. The lowest BCUT2D eigenvalue weighted by atomic mass is 10.1. The smallest absolute Gasteiger partial charge is 0.317 e. The standard InChI is InChI=1S/C27H36FN5O3/c1-5-14-33(25(35)22-8-6-7-9-23(22)28)19-24(34)29-20-10-12-21(13-11-20)31-15-17-32(18-16-31)26(36)30-27(2,3)4/h6-13H,5,14-19H2,1-4H3,(H,29,34)(H,30,36). The zero-order valence-electron chi connectivity index (χ0n) is 21.5. The van der Waals surface area contributed by atoms with Crippen molar-refractivity contribution >= 4 is 29.2 Å². The maximum Gasteiger partial charge on any atom is 0.317 e. The van der Waals surface area contributed by atoms with Gasteiger partial charge in [0, 0.05) is 49.6 Å². The van der Waals surface area contributed by atoms with E-state index < -0.39 is 11.7 Å². The van der Waals surface area contributed by atoms with E-state index in [0.717, 1.165) is 5.69 Å². The molecule has 0 saturated carbocycles. The Morgan fingerprint density at radius 3 is 2.19 bits per heavy atom. The Labute approximate surface area is 212 Å².